The van der Waals surface area contributed by atoms with Crippen LogP contribution >= 0.6 is 0 Å². The van der Waals surface area contributed by atoms with Crippen molar-refractivity contribution in [3.63, 3.8) is 0 Å². The minimum atomic E-state index is -3.93. The topological polar surface area (TPSA) is 98.8 Å². The Morgan fingerprint density at radius 2 is 1.49 bits per heavy atom. The zero-order valence-corrected chi connectivity index (χ0v) is 21.9. The smallest absolute Gasteiger partial charge is 0.253 e. The molecular formula is C28H32N4O4S. The van der Waals surface area contributed by atoms with Gasteiger partial charge in [0.15, 0.2) is 0 Å². The van der Waals surface area contributed by atoms with E-state index < -0.39 is 22.0 Å². The van der Waals surface area contributed by atoms with Crippen LogP contribution in [0.3, 0.4) is 0 Å². The maximum atomic E-state index is 13.3. The summed E-state index contributed by atoms with van der Waals surface area (Å²) in [4.78, 5) is 30.2. The summed E-state index contributed by atoms with van der Waals surface area (Å²) in [5.74, 6) is -0.531. The molecule has 4 rings (SSSR count). The molecule has 2 amide bonds. The molecule has 0 bridgehead atoms. The summed E-state index contributed by atoms with van der Waals surface area (Å²) in [6.07, 6.45) is 0.178. The number of hydrogen-bond donors (Lipinski definition) is 2. The second-order valence-corrected chi connectivity index (χ2v) is 11.1. The predicted octanol–water partition coefficient (Wildman–Crippen LogP) is 2.91. The normalized spacial score (nSPS) is 15.2. The summed E-state index contributed by atoms with van der Waals surface area (Å²) < 4.78 is 28.7. The van der Waals surface area contributed by atoms with Crippen LogP contribution in [0.4, 0.5) is 5.69 Å². The second-order valence-electron chi connectivity index (χ2n) is 9.34. The van der Waals surface area contributed by atoms with E-state index >= 15 is 0 Å². The lowest BCUT2D eigenvalue weighted by Gasteiger charge is -2.32. The molecule has 2 N–H and O–H groups in total. The lowest BCUT2D eigenvalue weighted by molar-refractivity contribution is -0.117. The molecule has 194 valence electrons. The van der Waals surface area contributed by atoms with E-state index in [1.54, 1.807) is 36.4 Å². The Morgan fingerprint density at radius 3 is 2.11 bits per heavy atom. The zero-order valence-electron chi connectivity index (χ0n) is 21.1. The predicted molar refractivity (Wildman–Crippen MR) is 144 cm³/mol. The molecule has 1 saturated heterocycles. The standard InChI is InChI=1S/C28H32N4O4S/c1-21-8-14-25(15-9-21)37(35,36)30-26(20-22-6-4-3-5-7-22)27(33)29-24-12-10-23(11-13-24)28(34)32-18-16-31(2)17-19-32/h3-15,26,30H,16-20H2,1-2H3,(H,29,33)/t26-/m0/s1. The summed E-state index contributed by atoms with van der Waals surface area (Å²) in [6.45, 7) is 4.90. The first kappa shape index (κ1) is 26.5. The highest BCUT2D eigenvalue weighted by Crippen LogP contribution is 2.16. The van der Waals surface area contributed by atoms with E-state index in [9.17, 15) is 18.0 Å². The van der Waals surface area contributed by atoms with Crippen LogP contribution in [-0.4, -0.2) is 69.3 Å². The Bertz CT molecular complexity index is 1320. The summed E-state index contributed by atoms with van der Waals surface area (Å²) in [7, 11) is -1.90. The van der Waals surface area contributed by atoms with Crippen molar-refractivity contribution in [3.8, 4) is 0 Å². The second kappa shape index (κ2) is 11.7. The van der Waals surface area contributed by atoms with Crippen molar-refractivity contribution in [2.24, 2.45) is 0 Å². The Balaban J connectivity index is 1.48. The molecule has 1 atom stereocenters. The number of nitrogens with one attached hydrogen (secondary N) is 2. The molecule has 0 aliphatic carbocycles. The van der Waals surface area contributed by atoms with E-state index in [0.29, 0.717) is 24.3 Å². The fraction of sp³-hybridized carbons (Fsp3) is 0.286. The number of hydrogen-bond acceptors (Lipinski definition) is 5. The molecule has 3 aromatic rings. The molecule has 0 saturated carbocycles. The summed E-state index contributed by atoms with van der Waals surface area (Å²) in [5.41, 5.74) is 2.78. The van der Waals surface area contributed by atoms with Gasteiger partial charge in [-0.25, -0.2) is 8.42 Å². The van der Waals surface area contributed by atoms with Crippen molar-refractivity contribution in [2.45, 2.75) is 24.3 Å². The van der Waals surface area contributed by atoms with Gasteiger partial charge in [0.05, 0.1) is 4.90 Å². The van der Waals surface area contributed by atoms with Crippen molar-refractivity contribution >= 4 is 27.5 Å². The molecule has 0 spiro atoms. The number of amides is 2. The van der Waals surface area contributed by atoms with Crippen molar-refractivity contribution in [1.82, 2.24) is 14.5 Å². The fourth-order valence-corrected chi connectivity index (χ4v) is 5.32. The lowest BCUT2D eigenvalue weighted by Crippen LogP contribution is -2.47. The maximum absolute atomic E-state index is 13.3. The van der Waals surface area contributed by atoms with Gasteiger partial charge in [0.2, 0.25) is 15.9 Å². The van der Waals surface area contributed by atoms with Gasteiger partial charge in [-0.1, -0.05) is 48.0 Å². The van der Waals surface area contributed by atoms with E-state index in [1.807, 2.05) is 49.2 Å². The maximum Gasteiger partial charge on any atom is 0.253 e. The molecule has 0 unspecified atom stereocenters. The van der Waals surface area contributed by atoms with E-state index in [-0.39, 0.29) is 17.2 Å². The van der Waals surface area contributed by atoms with Gasteiger partial charge in [-0.2, -0.15) is 4.72 Å². The van der Waals surface area contributed by atoms with Crippen LogP contribution in [0, 0.1) is 6.92 Å². The minimum absolute atomic E-state index is 0.0428. The van der Waals surface area contributed by atoms with Gasteiger partial charge in [0, 0.05) is 37.4 Å². The Hall–Kier alpha value is -3.53. The molecule has 9 heteroatoms. The van der Waals surface area contributed by atoms with Crippen molar-refractivity contribution in [3.05, 3.63) is 95.6 Å². The largest absolute Gasteiger partial charge is 0.336 e. The zero-order chi connectivity index (χ0) is 26.4. The summed E-state index contributed by atoms with van der Waals surface area (Å²) >= 11 is 0. The minimum Gasteiger partial charge on any atom is -0.336 e. The SMILES string of the molecule is Cc1ccc(S(=O)(=O)N[C@@H](Cc2ccccc2)C(=O)Nc2ccc(C(=O)N3CCN(C)CC3)cc2)cc1. The van der Waals surface area contributed by atoms with Gasteiger partial charge < -0.3 is 15.1 Å². The fourth-order valence-electron chi connectivity index (χ4n) is 4.13. The molecular weight excluding hydrogens is 488 g/mol. The Morgan fingerprint density at radius 1 is 0.865 bits per heavy atom. The van der Waals surface area contributed by atoms with E-state index in [4.69, 9.17) is 0 Å². The average Bonchev–Trinajstić information content (AvgIpc) is 2.89. The number of aryl methyl sites for hydroxylation is 1. The molecule has 1 heterocycles. The first-order chi connectivity index (χ1) is 17.7. The number of carbonyl (C=O) groups is 2. The number of sulfonamides is 1. The Labute approximate surface area is 218 Å². The number of rotatable bonds is 8. The quantitative estimate of drug-likeness (QED) is 0.476. The van der Waals surface area contributed by atoms with Gasteiger partial charge in [0.1, 0.15) is 6.04 Å². The average molecular weight is 521 g/mol. The number of anilines is 1. The monoisotopic (exact) mass is 520 g/mol. The first-order valence-corrected chi connectivity index (χ1v) is 13.7. The molecule has 1 aliphatic heterocycles. The third-order valence-electron chi connectivity index (χ3n) is 6.42. The van der Waals surface area contributed by atoms with Crippen LogP contribution in [0.1, 0.15) is 21.5 Å². The molecule has 1 aliphatic rings. The van der Waals surface area contributed by atoms with Gasteiger partial charge in [-0.15, -0.1) is 0 Å². The highest BCUT2D eigenvalue weighted by molar-refractivity contribution is 7.89. The van der Waals surface area contributed by atoms with Crippen LogP contribution < -0.4 is 10.0 Å². The lowest BCUT2D eigenvalue weighted by atomic mass is 10.1. The third-order valence-corrected chi connectivity index (χ3v) is 7.91. The van der Waals surface area contributed by atoms with Gasteiger partial charge >= 0.3 is 0 Å². The van der Waals surface area contributed by atoms with Crippen molar-refractivity contribution in [2.75, 3.05) is 38.5 Å². The van der Waals surface area contributed by atoms with Crippen LogP contribution in [0.2, 0.25) is 0 Å². The number of likely N-dealkylation sites (N-methyl/N-ethyl adjacent to an activating group) is 1. The molecule has 8 nitrogen and oxygen atoms in total. The summed E-state index contributed by atoms with van der Waals surface area (Å²) in [6, 6.07) is 21.3. The van der Waals surface area contributed by atoms with Gasteiger partial charge in [0.25, 0.3) is 5.91 Å². The molecule has 0 aromatic heterocycles. The number of carbonyl (C=O) groups excluding carboxylic acids is 2. The van der Waals surface area contributed by atoms with Crippen LogP contribution in [0.25, 0.3) is 0 Å². The van der Waals surface area contributed by atoms with E-state index in [2.05, 4.69) is 14.9 Å². The van der Waals surface area contributed by atoms with Crippen LogP contribution in [-0.2, 0) is 21.2 Å². The number of piperazine rings is 1. The van der Waals surface area contributed by atoms with Crippen molar-refractivity contribution in [1.29, 1.82) is 0 Å². The third kappa shape index (κ3) is 7.03. The first-order valence-electron chi connectivity index (χ1n) is 12.2. The van der Waals surface area contributed by atoms with Gasteiger partial charge in [-0.3, -0.25) is 9.59 Å². The van der Waals surface area contributed by atoms with Crippen LogP contribution in [0.15, 0.2) is 83.8 Å². The molecule has 1 fully saturated rings. The van der Waals surface area contributed by atoms with E-state index in [1.165, 1.54) is 12.1 Å². The molecule has 3 aromatic carbocycles. The molecule has 0 radical (unpaired) electrons. The van der Waals surface area contributed by atoms with Crippen LogP contribution in [0.5, 0.6) is 0 Å². The highest BCUT2D eigenvalue weighted by Gasteiger charge is 2.26. The number of nitrogens with zero attached hydrogens (tertiary/aromatic N) is 2. The Kier molecular flexibility index (Phi) is 8.38. The van der Waals surface area contributed by atoms with Gasteiger partial charge in [-0.05, 0) is 62.4 Å². The number of benzene rings is 3. The summed E-state index contributed by atoms with van der Waals surface area (Å²) in [5, 5.41) is 2.80. The molecule has 37 heavy (non-hydrogen) atoms. The van der Waals surface area contributed by atoms with E-state index in [0.717, 1.165) is 24.2 Å². The highest BCUT2D eigenvalue weighted by atomic mass is 32.2. The van der Waals surface area contributed by atoms with Crippen molar-refractivity contribution < 1.29 is 18.0 Å².